The van der Waals surface area contributed by atoms with E-state index >= 15 is 0 Å². The number of furan rings is 1. The molecular formula is C62H40N2O. The summed E-state index contributed by atoms with van der Waals surface area (Å²) in [7, 11) is 0. The van der Waals surface area contributed by atoms with Crippen molar-refractivity contribution >= 4 is 82.4 Å². The van der Waals surface area contributed by atoms with E-state index in [4.69, 9.17) is 4.42 Å². The average molecular weight is 829 g/mol. The van der Waals surface area contributed by atoms with Gasteiger partial charge in [0.15, 0.2) is 0 Å². The molecule has 0 saturated heterocycles. The minimum Gasteiger partial charge on any atom is -0.455 e. The Morgan fingerprint density at radius 3 is 1.65 bits per heavy atom. The van der Waals surface area contributed by atoms with Gasteiger partial charge in [0.25, 0.3) is 0 Å². The zero-order valence-corrected chi connectivity index (χ0v) is 35.4. The summed E-state index contributed by atoms with van der Waals surface area (Å²) >= 11 is 0. The fourth-order valence-corrected chi connectivity index (χ4v) is 10.2. The highest BCUT2D eigenvalue weighted by Crippen LogP contribution is 2.45. The van der Waals surface area contributed by atoms with Gasteiger partial charge in [-0.2, -0.15) is 0 Å². The van der Waals surface area contributed by atoms with Gasteiger partial charge in [-0.25, -0.2) is 0 Å². The fourth-order valence-electron chi connectivity index (χ4n) is 10.2. The molecule has 0 aliphatic heterocycles. The van der Waals surface area contributed by atoms with Crippen LogP contribution in [0.5, 0.6) is 0 Å². The lowest BCUT2D eigenvalue weighted by Gasteiger charge is -2.28. The number of fused-ring (bicyclic) bond motifs is 9. The van der Waals surface area contributed by atoms with E-state index in [-0.39, 0.29) is 0 Å². The molecule has 13 rings (SSSR count). The second-order valence-electron chi connectivity index (χ2n) is 16.8. The van der Waals surface area contributed by atoms with Gasteiger partial charge in [-0.1, -0.05) is 188 Å². The maximum absolute atomic E-state index is 6.54. The molecule has 0 amide bonds. The van der Waals surface area contributed by atoms with Crippen LogP contribution < -0.4 is 4.90 Å². The van der Waals surface area contributed by atoms with Crippen molar-refractivity contribution in [3.05, 3.63) is 243 Å². The summed E-state index contributed by atoms with van der Waals surface area (Å²) in [6.07, 6.45) is 0. The molecule has 65 heavy (non-hydrogen) atoms. The van der Waals surface area contributed by atoms with E-state index in [1.54, 1.807) is 0 Å². The van der Waals surface area contributed by atoms with Crippen LogP contribution in [0.15, 0.2) is 247 Å². The van der Waals surface area contributed by atoms with Crippen molar-refractivity contribution in [1.82, 2.24) is 4.57 Å². The molecule has 0 saturated carbocycles. The smallest absolute Gasteiger partial charge is 0.143 e. The fraction of sp³-hybridized carbons (Fsp3) is 0. The number of anilines is 3. The quantitative estimate of drug-likeness (QED) is 0.149. The molecular weight excluding hydrogens is 789 g/mol. The zero-order valence-electron chi connectivity index (χ0n) is 35.4. The number of rotatable bonds is 7. The third-order valence-electron chi connectivity index (χ3n) is 13.2. The Morgan fingerprint density at radius 1 is 0.323 bits per heavy atom. The summed E-state index contributed by atoms with van der Waals surface area (Å²) in [4.78, 5) is 2.41. The normalized spacial score (nSPS) is 11.7. The Morgan fingerprint density at radius 2 is 0.877 bits per heavy atom. The number of aromatic nitrogens is 1. The molecule has 0 atom stereocenters. The van der Waals surface area contributed by atoms with Crippen molar-refractivity contribution in [1.29, 1.82) is 0 Å². The van der Waals surface area contributed by atoms with Gasteiger partial charge >= 0.3 is 0 Å². The Labute approximate surface area is 376 Å². The number of hydrogen-bond acceptors (Lipinski definition) is 2. The Hall–Kier alpha value is -8.66. The molecule has 304 valence electrons. The first-order valence-electron chi connectivity index (χ1n) is 22.2. The minimum atomic E-state index is 0.898. The van der Waals surface area contributed by atoms with Gasteiger partial charge in [0, 0.05) is 49.4 Å². The number of nitrogens with zero attached hydrogens (tertiary/aromatic N) is 2. The number of benzene rings is 11. The van der Waals surface area contributed by atoms with Crippen molar-refractivity contribution in [2.75, 3.05) is 4.90 Å². The highest BCUT2D eigenvalue weighted by molar-refractivity contribution is 6.15. The van der Waals surface area contributed by atoms with E-state index in [2.05, 4.69) is 240 Å². The molecule has 0 radical (unpaired) electrons. The monoisotopic (exact) mass is 828 g/mol. The number of para-hydroxylation sites is 5. The summed E-state index contributed by atoms with van der Waals surface area (Å²) in [5.41, 5.74) is 15.5. The molecule has 3 heteroatoms. The van der Waals surface area contributed by atoms with E-state index < -0.39 is 0 Å². The van der Waals surface area contributed by atoms with Crippen molar-refractivity contribution in [3.8, 4) is 39.1 Å². The van der Waals surface area contributed by atoms with Crippen LogP contribution in [0.25, 0.3) is 104 Å². The first-order chi connectivity index (χ1) is 32.2. The lowest BCUT2D eigenvalue weighted by atomic mass is 9.97. The maximum atomic E-state index is 6.54. The van der Waals surface area contributed by atoms with Gasteiger partial charge in [-0.3, -0.25) is 0 Å². The molecule has 2 heterocycles. The first-order valence-corrected chi connectivity index (χ1v) is 22.2. The van der Waals surface area contributed by atoms with Crippen molar-refractivity contribution < 1.29 is 4.42 Å². The van der Waals surface area contributed by atoms with Crippen LogP contribution in [0.1, 0.15) is 0 Å². The number of hydrogen-bond donors (Lipinski definition) is 0. The van der Waals surface area contributed by atoms with Gasteiger partial charge in [0.2, 0.25) is 0 Å². The van der Waals surface area contributed by atoms with E-state index in [9.17, 15) is 0 Å². The maximum Gasteiger partial charge on any atom is 0.143 e. The predicted octanol–water partition coefficient (Wildman–Crippen LogP) is 17.5. The molecule has 0 aliphatic rings. The summed E-state index contributed by atoms with van der Waals surface area (Å²) in [6, 6.07) is 87.7. The molecule has 0 spiro atoms. The van der Waals surface area contributed by atoms with Crippen LogP contribution in [0.3, 0.4) is 0 Å². The highest BCUT2D eigenvalue weighted by atomic mass is 16.3. The second kappa shape index (κ2) is 15.0. The molecule has 3 nitrogen and oxygen atoms in total. The minimum absolute atomic E-state index is 0.898. The molecule has 0 unspecified atom stereocenters. The molecule has 0 aliphatic carbocycles. The van der Waals surface area contributed by atoms with Gasteiger partial charge in [0.1, 0.15) is 11.2 Å². The van der Waals surface area contributed by atoms with Crippen LogP contribution in [0, 0.1) is 0 Å². The summed E-state index contributed by atoms with van der Waals surface area (Å²) in [6.45, 7) is 0. The molecule has 13 aromatic rings. The van der Waals surface area contributed by atoms with E-state index in [0.717, 1.165) is 55.7 Å². The predicted molar refractivity (Wildman–Crippen MR) is 274 cm³/mol. The SMILES string of the molecule is c1cc(-c2cccc3c2oc2ccccc23)cc(N(c2ccc(-c3ccc(-c4ccccc4-n4c5ccccc5c5ccccc54)cc3)cc2)c2cc3ccccc3c3ccccc23)c1. The van der Waals surface area contributed by atoms with Crippen LogP contribution in [-0.4, -0.2) is 4.57 Å². The van der Waals surface area contributed by atoms with Crippen LogP contribution in [0.4, 0.5) is 17.1 Å². The van der Waals surface area contributed by atoms with Gasteiger partial charge in [-0.15, -0.1) is 0 Å². The zero-order chi connectivity index (χ0) is 42.8. The standard InChI is InChI=1S/C62H40N2O/c1-2-18-48-45(15-1)40-60(52-21-4-3-20-51(48)52)63(47-17-13-16-44(39-47)50-25-14-26-56-55-24-8-12-30-61(55)65-62(50)56)46-37-35-42(36-38-46)41-31-33-43(34-32-41)49-19-5-9-27-57(49)64-58-28-10-6-22-53(58)54-23-7-11-29-59(54)64/h1-40H. The first kappa shape index (κ1) is 36.9. The molecule has 0 N–H and O–H groups in total. The van der Waals surface area contributed by atoms with Crippen molar-refractivity contribution in [2.24, 2.45) is 0 Å². The van der Waals surface area contributed by atoms with Gasteiger partial charge in [0.05, 0.1) is 22.4 Å². The lowest BCUT2D eigenvalue weighted by molar-refractivity contribution is 0.670. The molecule has 0 bridgehead atoms. The average Bonchev–Trinajstić information content (AvgIpc) is 3.93. The third kappa shape index (κ3) is 6.05. The largest absolute Gasteiger partial charge is 0.455 e. The van der Waals surface area contributed by atoms with Crippen LogP contribution in [0.2, 0.25) is 0 Å². The Balaban J connectivity index is 0.911. The van der Waals surface area contributed by atoms with Gasteiger partial charge in [-0.05, 0) is 93.0 Å². The van der Waals surface area contributed by atoms with E-state index in [1.807, 2.05) is 12.1 Å². The molecule has 11 aromatic carbocycles. The van der Waals surface area contributed by atoms with Gasteiger partial charge < -0.3 is 13.9 Å². The lowest BCUT2D eigenvalue weighted by Crippen LogP contribution is -2.10. The highest BCUT2D eigenvalue weighted by Gasteiger charge is 2.20. The molecule has 2 aromatic heterocycles. The summed E-state index contributed by atoms with van der Waals surface area (Å²) in [5.74, 6) is 0. The topological polar surface area (TPSA) is 21.3 Å². The van der Waals surface area contributed by atoms with E-state index in [0.29, 0.717) is 0 Å². The Kier molecular flexibility index (Phi) is 8.53. The summed E-state index contributed by atoms with van der Waals surface area (Å²) < 4.78 is 8.95. The Bertz CT molecular complexity index is 3900. The molecule has 0 fully saturated rings. The van der Waals surface area contributed by atoms with Crippen LogP contribution >= 0.6 is 0 Å². The third-order valence-corrected chi connectivity index (χ3v) is 13.2. The van der Waals surface area contributed by atoms with Crippen LogP contribution in [-0.2, 0) is 0 Å². The van der Waals surface area contributed by atoms with Crippen molar-refractivity contribution in [3.63, 3.8) is 0 Å². The van der Waals surface area contributed by atoms with Crippen molar-refractivity contribution in [2.45, 2.75) is 0 Å². The summed E-state index contributed by atoms with van der Waals surface area (Å²) in [5, 5.41) is 9.64. The second-order valence-corrected chi connectivity index (χ2v) is 16.8. The van der Waals surface area contributed by atoms with E-state index in [1.165, 1.54) is 65.7 Å².